The maximum absolute atomic E-state index is 14.3. The number of piperidine rings is 1. The number of nitrogens with zero attached hydrogens (tertiary/aromatic N) is 2. The SMILES string of the molecule is COc1ccc([C@H]2N[C@]3(CCCN(Cc4ccc(C(F)(F)F)cc4)C3=O)[C@H]3C(=O)N(Cc4ccccc4)C(=O)[C@@H]23)cc1.O=C(O)C(F)(F)F. The minimum atomic E-state index is -5.08. The Morgan fingerprint density at radius 1 is 0.878 bits per heavy atom. The van der Waals surface area contributed by atoms with Crippen LogP contribution in [0.2, 0.25) is 0 Å². The zero-order valence-corrected chi connectivity index (χ0v) is 25.9. The number of carbonyl (C=O) groups is 4. The maximum atomic E-state index is 14.3. The van der Waals surface area contributed by atoms with Gasteiger partial charge in [-0.15, -0.1) is 0 Å². The highest BCUT2D eigenvalue weighted by atomic mass is 19.4. The molecule has 2 N–H and O–H groups in total. The Balaban J connectivity index is 0.000000606. The third kappa shape index (κ3) is 7.12. The van der Waals surface area contributed by atoms with Gasteiger partial charge in [0.1, 0.15) is 11.3 Å². The van der Waals surface area contributed by atoms with E-state index in [-0.39, 0.29) is 30.8 Å². The summed E-state index contributed by atoms with van der Waals surface area (Å²) in [6.45, 7) is 0.602. The largest absolute Gasteiger partial charge is 0.497 e. The van der Waals surface area contributed by atoms with Crippen molar-refractivity contribution in [3.63, 3.8) is 0 Å². The lowest BCUT2D eigenvalue weighted by Crippen LogP contribution is -2.63. The molecule has 6 rings (SSSR count). The molecule has 0 aromatic heterocycles. The second-order valence-electron chi connectivity index (χ2n) is 11.9. The summed E-state index contributed by atoms with van der Waals surface area (Å²) in [7, 11) is 1.56. The molecule has 260 valence electrons. The third-order valence-corrected chi connectivity index (χ3v) is 8.97. The molecule has 3 aliphatic heterocycles. The van der Waals surface area contributed by atoms with Crippen LogP contribution < -0.4 is 10.1 Å². The molecular formula is C34H31F6N3O6. The Morgan fingerprint density at radius 3 is 2.02 bits per heavy atom. The van der Waals surface area contributed by atoms with Crippen LogP contribution in [-0.2, 0) is 38.4 Å². The van der Waals surface area contributed by atoms with Gasteiger partial charge >= 0.3 is 18.3 Å². The van der Waals surface area contributed by atoms with E-state index in [0.29, 0.717) is 30.7 Å². The highest BCUT2D eigenvalue weighted by Crippen LogP contribution is 2.52. The van der Waals surface area contributed by atoms with Crippen molar-refractivity contribution in [3.05, 3.63) is 101 Å². The lowest BCUT2D eigenvalue weighted by atomic mass is 9.74. The van der Waals surface area contributed by atoms with Gasteiger partial charge in [0.15, 0.2) is 0 Å². The van der Waals surface area contributed by atoms with Crippen LogP contribution in [0.15, 0.2) is 78.9 Å². The normalized spacial score (nSPS) is 23.7. The minimum Gasteiger partial charge on any atom is -0.497 e. The van der Waals surface area contributed by atoms with E-state index in [1.807, 2.05) is 42.5 Å². The lowest BCUT2D eigenvalue weighted by molar-refractivity contribution is -0.192. The fourth-order valence-electron chi connectivity index (χ4n) is 6.72. The fraction of sp³-hybridized carbons (Fsp3) is 0.353. The first-order valence-electron chi connectivity index (χ1n) is 15.1. The Morgan fingerprint density at radius 2 is 1.47 bits per heavy atom. The number of carboxylic acid groups (broad SMARTS) is 1. The molecule has 3 aromatic rings. The van der Waals surface area contributed by atoms with E-state index in [1.54, 1.807) is 24.1 Å². The van der Waals surface area contributed by atoms with E-state index in [9.17, 15) is 40.7 Å². The molecule has 0 radical (unpaired) electrons. The molecule has 9 nitrogen and oxygen atoms in total. The average Bonchev–Trinajstić information content (AvgIpc) is 3.53. The lowest BCUT2D eigenvalue weighted by Gasteiger charge is -2.42. The molecule has 3 aromatic carbocycles. The number of ether oxygens (including phenoxy) is 1. The smallest absolute Gasteiger partial charge is 0.490 e. The van der Waals surface area contributed by atoms with Crippen LogP contribution in [0.4, 0.5) is 26.3 Å². The molecule has 0 saturated carbocycles. The highest BCUT2D eigenvalue weighted by Gasteiger charge is 2.69. The van der Waals surface area contributed by atoms with Crippen LogP contribution in [0.5, 0.6) is 5.75 Å². The number of halogens is 6. The van der Waals surface area contributed by atoms with E-state index in [2.05, 4.69) is 5.32 Å². The molecule has 4 atom stereocenters. The van der Waals surface area contributed by atoms with Crippen LogP contribution in [-0.4, -0.2) is 64.0 Å². The predicted molar refractivity (Wildman–Crippen MR) is 160 cm³/mol. The number of hydrogen-bond donors (Lipinski definition) is 2. The summed E-state index contributed by atoms with van der Waals surface area (Å²) in [5, 5.41) is 10.6. The minimum absolute atomic E-state index is 0.0981. The molecule has 0 unspecified atom stereocenters. The van der Waals surface area contributed by atoms with Gasteiger partial charge in [0.25, 0.3) is 0 Å². The number of fused-ring (bicyclic) bond motifs is 2. The molecule has 3 amide bonds. The number of amides is 3. The summed E-state index contributed by atoms with van der Waals surface area (Å²) >= 11 is 0. The highest BCUT2D eigenvalue weighted by molar-refractivity contribution is 6.10. The van der Waals surface area contributed by atoms with Gasteiger partial charge in [0.2, 0.25) is 17.7 Å². The van der Waals surface area contributed by atoms with Gasteiger partial charge in [-0.1, -0.05) is 54.6 Å². The summed E-state index contributed by atoms with van der Waals surface area (Å²) in [5.41, 5.74) is 0.0367. The summed E-state index contributed by atoms with van der Waals surface area (Å²) in [6.07, 6.45) is -8.61. The topological polar surface area (TPSA) is 116 Å². The van der Waals surface area contributed by atoms with Crippen LogP contribution in [0, 0.1) is 11.8 Å². The second-order valence-corrected chi connectivity index (χ2v) is 11.9. The van der Waals surface area contributed by atoms with Gasteiger partial charge in [-0.3, -0.25) is 24.6 Å². The van der Waals surface area contributed by atoms with E-state index < -0.39 is 47.3 Å². The Bertz CT molecular complexity index is 1700. The molecule has 0 bridgehead atoms. The van der Waals surface area contributed by atoms with Crippen molar-refractivity contribution >= 4 is 23.7 Å². The number of benzene rings is 3. The van der Waals surface area contributed by atoms with Crippen molar-refractivity contribution in [1.29, 1.82) is 0 Å². The monoisotopic (exact) mass is 691 g/mol. The standard InChI is InChI=1S/C32H30F3N3O4.C2HF3O2/c1-42-24-14-10-22(11-15-24)27-25-26(29(40)38(28(25)39)19-20-6-3-2-4-7-20)31(36-27)16-5-17-37(30(31)41)18-21-8-12-23(13-9-21)32(33,34)35;3-2(4,5)1(6)7/h2-4,6-15,25-27,36H,5,16-19H2,1H3;(H,6,7)/t25-,26-,27-,31-;/m1./s1. The first-order valence-corrected chi connectivity index (χ1v) is 15.1. The first kappa shape index (κ1) is 35.4. The van der Waals surface area contributed by atoms with Crippen molar-refractivity contribution in [2.24, 2.45) is 11.8 Å². The third-order valence-electron chi connectivity index (χ3n) is 8.97. The van der Waals surface area contributed by atoms with Crippen LogP contribution in [0.1, 0.15) is 41.1 Å². The van der Waals surface area contributed by atoms with Crippen LogP contribution in [0.3, 0.4) is 0 Å². The quantitative estimate of drug-likeness (QED) is 0.265. The number of carbonyl (C=O) groups excluding carboxylic acids is 3. The number of methoxy groups -OCH3 is 1. The van der Waals surface area contributed by atoms with Gasteiger partial charge in [-0.05, 0) is 53.8 Å². The first-order chi connectivity index (χ1) is 23.1. The number of aliphatic carboxylic acids is 1. The molecule has 3 saturated heterocycles. The Labute approximate surface area is 276 Å². The number of likely N-dealkylation sites (tertiary alicyclic amines) is 2. The second kappa shape index (κ2) is 13.5. The van der Waals surface area contributed by atoms with Crippen molar-refractivity contribution in [3.8, 4) is 5.75 Å². The van der Waals surface area contributed by atoms with Gasteiger partial charge in [0.05, 0.1) is 31.1 Å². The Kier molecular flexibility index (Phi) is 9.77. The van der Waals surface area contributed by atoms with Gasteiger partial charge in [0, 0.05) is 19.1 Å². The molecule has 49 heavy (non-hydrogen) atoms. The van der Waals surface area contributed by atoms with Gasteiger partial charge < -0.3 is 14.7 Å². The number of carboxylic acids is 1. The summed E-state index contributed by atoms with van der Waals surface area (Å²) in [6, 6.07) is 20.6. The molecule has 3 aliphatic rings. The van der Waals surface area contributed by atoms with E-state index in [4.69, 9.17) is 14.6 Å². The number of alkyl halides is 6. The van der Waals surface area contributed by atoms with E-state index >= 15 is 0 Å². The molecular weight excluding hydrogens is 660 g/mol. The maximum Gasteiger partial charge on any atom is 0.490 e. The van der Waals surface area contributed by atoms with Crippen molar-refractivity contribution in [1.82, 2.24) is 15.1 Å². The summed E-state index contributed by atoms with van der Waals surface area (Å²) in [5.74, 6) is -4.85. The zero-order valence-electron chi connectivity index (χ0n) is 25.9. The van der Waals surface area contributed by atoms with Crippen molar-refractivity contribution < 1.29 is 55.4 Å². The predicted octanol–water partition coefficient (Wildman–Crippen LogP) is 5.35. The number of rotatable bonds is 6. The van der Waals surface area contributed by atoms with Gasteiger partial charge in [-0.2, -0.15) is 26.3 Å². The number of nitrogens with one attached hydrogen (secondary N) is 1. The number of hydrogen-bond acceptors (Lipinski definition) is 6. The molecule has 3 heterocycles. The molecule has 1 spiro atoms. The van der Waals surface area contributed by atoms with E-state index in [0.717, 1.165) is 23.3 Å². The van der Waals surface area contributed by atoms with Crippen molar-refractivity contribution in [2.75, 3.05) is 13.7 Å². The number of imide groups is 1. The summed E-state index contributed by atoms with van der Waals surface area (Å²) in [4.78, 5) is 54.1. The zero-order chi connectivity index (χ0) is 35.7. The fourth-order valence-corrected chi connectivity index (χ4v) is 6.72. The van der Waals surface area contributed by atoms with E-state index in [1.165, 1.54) is 17.0 Å². The molecule has 3 fully saturated rings. The van der Waals surface area contributed by atoms with Crippen molar-refractivity contribution in [2.45, 2.75) is 49.9 Å². The van der Waals surface area contributed by atoms with Gasteiger partial charge in [-0.25, -0.2) is 4.79 Å². The summed E-state index contributed by atoms with van der Waals surface area (Å²) < 4.78 is 76.3. The van der Waals surface area contributed by atoms with Crippen LogP contribution in [0.25, 0.3) is 0 Å². The van der Waals surface area contributed by atoms with Crippen LogP contribution >= 0.6 is 0 Å². The Hall–Kier alpha value is -4.92. The molecule has 15 heteroatoms. The average molecular weight is 692 g/mol. The molecule has 0 aliphatic carbocycles.